The van der Waals surface area contributed by atoms with E-state index in [1.807, 2.05) is 13.0 Å². The number of rotatable bonds is 5. The maximum Gasteiger partial charge on any atom is 0.227 e. The van der Waals surface area contributed by atoms with Gasteiger partial charge in [0.15, 0.2) is 0 Å². The van der Waals surface area contributed by atoms with Crippen molar-refractivity contribution in [2.45, 2.75) is 26.7 Å². The number of nitrogens with one attached hydrogen (secondary N) is 1. The molecule has 6 nitrogen and oxygen atoms in total. The van der Waals surface area contributed by atoms with Crippen LogP contribution in [0.15, 0.2) is 30.3 Å². The second-order valence-corrected chi connectivity index (χ2v) is 6.72. The molecule has 0 saturated carbocycles. The largest absolute Gasteiger partial charge is 0.342 e. The highest BCUT2D eigenvalue weighted by molar-refractivity contribution is 5.58. The molecule has 0 radical (unpaired) electrons. The summed E-state index contributed by atoms with van der Waals surface area (Å²) >= 11 is 0. The molecule has 1 aromatic carbocycles. The van der Waals surface area contributed by atoms with Gasteiger partial charge in [0.1, 0.15) is 5.82 Å². The third-order valence-electron chi connectivity index (χ3n) is 4.44. The van der Waals surface area contributed by atoms with Gasteiger partial charge in [-0.15, -0.1) is 0 Å². The Morgan fingerprint density at radius 2 is 1.76 bits per heavy atom. The number of hydrogen-bond donors (Lipinski definition) is 1. The highest BCUT2D eigenvalue weighted by atomic mass is 16.1. The Labute approximate surface area is 148 Å². The van der Waals surface area contributed by atoms with E-state index < -0.39 is 0 Å². The molecule has 1 amide bonds. The molecule has 1 aliphatic heterocycles. The van der Waals surface area contributed by atoms with Crippen LogP contribution >= 0.6 is 0 Å². The van der Waals surface area contributed by atoms with E-state index in [0.717, 1.165) is 36.7 Å². The second-order valence-electron chi connectivity index (χ2n) is 6.72. The lowest BCUT2D eigenvalue weighted by molar-refractivity contribution is -0.118. The number of piperazine rings is 1. The zero-order valence-corrected chi connectivity index (χ0v) is 15.1. The van der Waals surface area contributed by atoms with Gasteiger partial charge in [-0.25, -0.2) is 4.98 Å². The first kappa shape index (κ1) is 17.2. The van der Waals surface area contributed by atoms with E-state index in [0.29, 0.717) is 25.0 Å². The minimum atomic E-state index is 0.520. The number of aryl methyl sites for hydroxylation is 1. The van der Waals surface area contributed by atoms with E-state index in [9.17, 15) is 4.79 Å². The number of hydrogen-bond acceptors (Lipinski definition) is 5. The molecule has 1 saturated heterocycles. The highest BCUT2D eigenvalue weighted by Crippen LogP contribution is 2.22. The zero-order valence-electron chi connectivity index (χ0n) is 15.1. The first-order valence-corrected chi connectivity index (χ1v) is 8.72. The van der Waals surface area contributed by atoms with E-state index in [-0.39, 0.29) is 0 Å². The van der Waals surface area contributed by atoms with Crippen LogP contribution in [-0.4, -0.2) is 47.5 Å². The molecule has 1 fully saturated rings. The minimum Gasteiger partial charge on any atom is -0.342 e. The van der Waals surface area contributed by atoms with Crippen LogP contribution in [0.3, 0.4) is 0 Å². The van der Waals surface area contributed by atoms with Crippen molar-refractivity contribution in [3.05, 3.63) is 41.6 Å². The molecule has 132 valence electrons. The summed E-state index contributed by atoms with van der Waals surface area (Å²) in [6, 6.07) is 10.4. The molecule has 0 atom stereocenters. The van der Waals surface area contributed by atoms with Crippen molar-refractivity contribution in [2.24, 2.45) is 0 Å². The normalized spacial score (nSPS) is 14.7. The van der Waals surface area contributed by atoms with Crippen molar-refractivity contribution in [1.29, 1.82) is 0 Å². The maximum absolute atomic E-state index is 10.8. The Bertz CT molecular complexity index is 721. The Balaban J connectivity index is 1.74. The molecule has 2 heterocycles. The third-order valence-corrected chi connectivity index (χ3v) is 4.44. The lowest BCUT2D eigenvalue weighted by Gasteiger charge is -2.32. The lowest BCUT2D eigenvalue weighted by atomic mass is 10.0. The predicted molar refractivity (Wildman–Crippen MR) is 100 cm³/mol. The van der Waals surface area contributed by atoms with Crippen LogP contribution in [0, 0.1) is 6.92 Å². The standard InChI is InChI=1S/C19H25N5O/c1-14(2)16-4-6-17(7-5-16)21-18-12-15(3)20-19(22-18)24-10-8-23(13-25)9-11-24/h4-7,12-14H,8-11H2,1-3H3,(H,20,21,22). The summed E-state index contributed by atoms with van der Waals surface area (Å²) in [6.07, 6.45) is 0.905. The van der Waals surface area contributed by atoms with Crippen molar-refractivity contribution < 1.29 is 4.79 Å². The van der Waals surface area contributed by atoms with Gasteiger partial charge < -0.3 is 15.1 Å². The minimum absolute atomic E-state index is 0.520. The molecular formula is C19H25N5O. The van der Waals surface area contributed by atoms with Gasteiger partial charge in [0.25, 0.3) is 0 Å². The smallest absolute Gasteiger partial charge is 0.227 e. The van der Waals surface area contributed by atoms with Gasteiger partial charge in [-0.1, -0.05) is 26.0 Å². The number of aromatic nitrogens is 2. The Hall–Kier alpha value is -2.63. The van der Waals surface area contributed by atoms with Crippen molar-refractivity contribution in [3.8, 4) is 0 Å². The summed E-state index contributed by atoms with van der Waals surface area (Å²) in [6.45, 7) is 9.27. The molecule has 0 unspecified atom stereocenters. The number of benzene rings is 1. The van der Waals surface area contributed by atoms with Crippen LogP contribution in [0.4, 0.5) is 17.5 Å². The highest BCUT2D eigenvalue weighted by Gasteiger charge is 2.18. The van der Waals surface area contributed by atoms with E-state index in [2.05, 4.69) is 58.3 Å². The average Bonchev–Trinajstić information content (AvgIpc) is 2.62. The maximum atomic E-state index is 10.8. The second kappa shape index (κ2) is 7.51. The monoisotopic (exact) mass is 339 g/mol. The summed E-state index contributed by atoms with van der Waals surface area (Å²) in [5, 5.41) is 3.37. The topological polar surface area (TPSA) is 61.4 Å². The van der Waals surface area contributed by atoms with Gasteiger partial charge in [-0.3, -0.25) is 4.79 Å². The predicted octanol–water partition coefficient (Wildman–Crippen LogP) is 2.93. The summed E-state index contributed by atoms with van der Waals surface area (Å²) in [5.74, 6) is 2.02. The first-order valence-electron chi connectivity index (χ1n) is 8.72. The fourth-order valence-corrected chi connectivity index (χ4v) is 2.88. The van der Waals surface area contributed by atoms with Gasteiger partial charge >= 0.3 is 0 Å². The van der Waals surface area contributed by atoms with E-state index in [4.69, 9.17) is 0 Å². The number of anilines is 3. The Kier molecular flexibility index (Phi) is 5.16. The van der Waals surface area contributed by atoms with Crippen molar-refractivity contribution in [3.63, 3.8) is 0 Å². The van der Waals surface area contributed by atoms with Crippen LogP contribution < -0.4 is 10.2 Å². The number of amides is 1. The van der Waals surface area contributed by atoms with Crippen LogP contribution in [-0.2, 0) is 4.79 Å². The van der Waals surface area contributed by atoms with E-state index in [1.165, 1.54) is 5.56 Å². The van der Waals surface area contributed by atoms with Gasteiger partial charge in [0.05, 0.1) is 0 Å². The van der Waals surface area contributed by atoms with E-state index >= 15 is 0 Å². The molecule has 1 N–H and O–H groups in total. The van der Waals surface area contributed by atoms with Gasteiger partial charge in [0.2, 0.25) is 12.4 Å². The van der Waals surface area contributed by atoms with Gasteiger partial charge in [0, 0.05) is 43.6 Å². The van der Waals surface area contributed by atoms with Gasteiger partial charge in [-0.2, -0.15) is 4.98 Å². The molecule has 1 aliphatic rings. The molecule has 1 aromatic heterocycles. The summed E-state index contributed by atoms with van der Waals surface area (Å²) < 4.78 is 0. The van der Waals surface area contributed by atoms with Crippen molar-refractivity contribution in [2.75, 3.05) is 36.4 Å². The van der Waals surface area contributed by atoms with Crippen LogP contribution in [0.25, 0.3) is 0 Å². The Morgan fingerprint density at radius 1 is 1.08 bits per heavy atom. The lowest BCUT2D eigenvalue weighted by Crippen LogP contribution is -2.46. The van der Waals surface area contributed by atoms with E-state index in [1.54, 1.807) is 4.90 Å². The van der Waals surface area contributed by atoms with Gasteiger partial charge in [-0.05, 0) is 30.5 Å². The van der Waals surface area contributed by atoms with Crippen molar-refractivity contribution in [1.82, 2.24) is 14.9 Å². The Morgan fingerprint density at radius 3 is 2.36 bits per heavy atom. The fraction of sp³-hybridized carbons (Fsp3) is 0.421. The summed E-state index contributed by atoms with van der Waals surface area (Å²) in [4.78, 5) is 24.0. The zero-order chi connectivity index (χ0) is 17.8. The molecule has 6 heteroatoms. The average molecular weight is 339 g/mol. The SMILES string of the molecule is Cc1cc(Nc2ccc(C(C)C)cc2)nc(N2CCN(C=O)CC2)n1. The number of nitrogens with zero attached hydrogens (tertiary/aromatic N) is 4. The first-order chi connectivity index (χ1) is 12.0. The number of carbonyl (C=O) groups excluding carboxylic acids is 1. The summed E-state index contributed by atoms with van der Waals surface area (Å²) in [5.41, 5.74) is 3.25. The molecule has 3 rings (SSSR count). The molecular weight excluding hydrogens is 314 g/mol. The molecule has 0 bridgehead atoms. The molecule has 0 spiro atoms. The fourth-order valence-electron chi connectivity index (χ4n) is 2.88. The molecule has 2 aromatic rings. The van der Waals surface area contributed by atoms with Crippen molar-refractivity contribution >= 4 is 23.9 Å². The summed E-state index contributed by atoms with van der Waals surface area (Å²) in [7, 11) is 0. The molecule has 25 heavy (non-hydrogen) atoms. The van der Waals surface area contributed by atoms with Crippen LogP contribution in [0.5, 0.6) is 0 Å². The third kappa shape index (κ3) is 4.26. The van der Waals surface area contributed by atoms with Crippen LogP contribution in [0.2, 0.25) is 0 Å². The quantitative estimate of drug-likeness (QED) is 0.849. The molecule has 0 aliphatic carbocycles. The number of carbonyl (C=O) groups is 1. The van der Waals surface area contributed by atoms with Crippen LogP contribution in [0.1, 0.15) is 31.0 Å².